The van der Waals surface area contributed by atoms with E-state index in [1.165, 1.54) is 21.3 Å². The van der Waals surface area contributed by atoms with Crippen LogP contribution in [0.2, 0.25) is 6.04 Å². The lowest BCUT2D eigenvalue weighted by Gasteiger charge is -2.37. The van der Waals surface area contributed by atoms with Crippen LogP contribution >= 0.6 is 0 Å². The zero-order chi connectivity index (χ0) is 36.9. The SMILES string of the molecule is COC(C)OC(C)OC(C)OCCC[Si](OC(C)OC(C)OC(C)OC)(OC(C)OC(C)OC(C)OC)OC(C)OC(C)OC(C)OC. The fraction of sp³-hybridized carbons (Fsp3) is 1.00. The van der Waals surface area contributed by atoms with Crippen LogP contribution in [0.15, 0.2) is 0 Å². The van der Waals surface area contributed by atoms with Gasteiger partial charge in [0.2, 0.25) is 0 Å². The first-order chi connectivity index (χ1) is 22.5. The third-order valence-electron chi connectivity index (χ3n) is 6.41. The lowest BCUT2D eigenvalue weighted by Crippen LogP contribution is -2.53. The third kappa shape index (κ3) is 23.1. The van der Waals surface area contributed by atoms with Crippen LogP contribution in [0.3, 0.4) is 0 Å². The van der Waals surface area contributed by atoms with E-state index < -0.39 is 84.3 Å². The average Bonchev–Trinajstić information content (AvgIpc) is 2.98. The summed E-state index contributed by atoms with van der Waals surface area (Å²) < 4.78 is 92.4. The van der Waals surface area contributed by atoms with Crippen molar-refractivity contribution in [1.82, 2.24) is 0 Å². The van der Waals surface area contributed by atoms with Crippen molar-refractivity contribution in [3.63, 3.8) is 0 Å². The Hall–Kier alpha value is -0.423. The minimum Gasteiger partial charge on any atom is -0.356 e. The monoisotopic (exact) mass is 722 g/mol. The normalized spacial score (nSPS) is 21.2. The number of hydrogen-bond acceptors (Lipinski definition) is 16. The lowest BCUT2D eigenvalue weighted by molar-refractivity contribution is -0.292. The molecule has 0 aliphatic rings. The highest BCUT2D eigenvalue weighted by molar-refractivity contribution is 6.60. The molecular weight excluding hydrogens is 656 g/mol. The second kappa shape index (κ2) is 26.4. The van der Waals surface area contributed by atoms with Crippen LogP contribution < -0.4 is 0 Å². The zero-order valence-corrected chi connectivity index (χ0v) is 33.1. The van der Waals surface area contributed by atoms with E-state index in [4.69, 9.17) is 74.9 Å². The largest absolute Gasteiger partial charge is 0.506 e. The van der Waals surface area contributed by atoms with Crippen molar-refractivity contribution in [2.24, 2.45) is 0 Å². The Balaban J connectivity index is 6.03. The van der Waals surface area contributed by atoms with Crippen molar-refractivity contribution in [2.45, 2.75) is 171 Å². The van der Waals surface area contributed by atoms with Gasteiger partial charge in [0.25, 0.3) is 0 Å². The third-order valence-corrected chi connectivity index (χ3v) is 9.45. The highest BCUT2D eigenvalue weighted by atomic mass is 28.4. The molecule has 17 heteroatoms. The summed E-state index contributed by atoms with van der Waals surface area (Å²) >= 11 is 0. The van der Waals surface area contributed by atoms with Gasteiger partial charge < -0.3 is 74.9 Å². The maximum absolute atomic E-state index is 6.50. The molecule has 12 atom stereocenters. The second-order valence-electron chi connectivity index (χ2n) is 10.9. The van der Waals surface area contributed by atoms with Crippen molar-refractivity contribution in [3.8, 4) is 0 Å². The Morgan fingerprint density at radius 1 is 0.333 bits per heavy atom. The van der Waals surface area contributed by atoms with Crippen LogP contribution in [0.25, 0.3) is 0 Å². The maximum Gasteiger partial charge on any atom is 0.506 e. The molecule has 0 aromatic rings. The first-order valence-electron chi connectivity index (χ1n) is 16.5. The van der Waals surface area contributed by atoms with Gasteiger partial charge in [-0.1, -0.05) is 0 Å². The smallest absolute Gasteiger partial charge is 0.356 e. The molecule has 0 N–H and O–H groups in total. The van der Waals surface area contributed by atoms with Crippen molar-refractivity contribution < 1.29 is 74.9 Å². The number of methoxy groups -OCH3 is 4. The van der Waals surface area contributed by atoms with Crippen LogP contribution in [-0.2, 0) is 74.9 Å². The molecule has 0 spiro atoms. The van der Waals surface area contributed by atoms with E-state index in [0.29, 0.717) is 6.42 Å². The lowest BCUT2D eigenvalue weighted by atomic mass is 10.5. The second-order valence-corrected chi connectivity index (χ2v) is 13.4. The van der Waals surface area contributed by atoms with Crippen molar-refractivity contribution in [3.05, 3.63) is 0 Å². The predicted octanol–water partition coefficient (Wildman–Crippen LogP) is 5.25. The maximum atomic E-state index is 6.50. The Morgan fingerprint density at radius 2 is 0.583 bits per heavy atom. The van der Waals surface area contributed by atoms with Crippen LogP contribution in [0.1, 0.15) is 89.5 Å². The highest BCUT2D eigenvalue weighted by Gasteiger charge is 2.47. The van der Waals surface area contributed by atoms with Crippen molar-refractivity contribution in [2.75, 3.05) is 35.0 Å². The number of rotatable bonds is 31. The molecule has 0 amide bonds. The molecule has 0 fully saturated rings. The Morgan fingerprint density at radius 3 is 0.854 bits per heavy atom. The average molecular weight is 723 g/mol. The van der Waals surface area contributed by atoms with Gasteiger partial charge in [-0.05, 0) is 89.5 Å². The summed E-state index contributed by atoms with van der Waals surface area (Å²) in [5.74, 6) is 0. The molecule has 0 aromatic carbocycles. The highest BCUT2D eigenvalue weighted by Crippen LogP contribution is 2.27. The Labute approximate surface area is 289 Å². The molecule has 0 aliphatic carbocycles. The molecule has 0 heterocycles. The quantitative estimate of drug-likeness (QED) is 0.0521. The van der Waals surface area contributed by atoms with E-state index in [0.717, 1.165) is 0 Å². The molecule has 0 saturated carbocycles. The fourth-order valence-electron chi connectivity index (χ4n) is 4.19. The van der Waals surface area contributed by atoms with E-state index >= 15 is 0 Å². The van der Waals surface area contributed by atoms with Crippen LogP contribution in [-0.4, -0.2) is 119 Å². The van der Waals surface area contributed by atoms with E-state index in [-0.39, 0.29) is 12.7 Å². The minimum absolute atomic E-state index is 0.277. The standard InChI is InChI=1S/C31H66O16Si/c1-20(32-13)37-25(6)41-24(5)36-18-17-19-48(45-29(10)42-26(7)38-21(2)33-14,46-30(11)43-27(8)39-22(3)34-15)47-31(12)44-28(9)40-23(4)35-16/h20-31H,17-19H2,1-16H3. The van der Waals surface area contributed by atoms with E-state index in [1.807, 2.05) is 0 Å². The van der Waals surface area contributed by atoms with E-state index in [2.05, 4.69) is 0 Å². The topological polar surface area (TPSA) is 148 Å². The summed E-state index contributed by atoms with van der Waals surface area (Å²) in [4.78, 5) is 0. The van der Waals surface area contributed by atoms with Gasteiger partial charge in [0.05, 0.1) is 0 Å². The molecule has 0 aromatic heterocycles. The molecule has 48 heavy (non-hydrogen) atoms. The molecule has 0 bridgehead atoms. The first-order valence-corrected chi connectivity index (χ1v) is 18.4. The molecule has 12 unspecified atom stereocenters. The van der Waals surface area contributed by atoms with E-state index in [1.54, 1.807) is 90.2 Å². The Kier molecular flexibility index (Phi) is 26.1. The molecular formula is C31H66O16Si. The van der Waals surface area contributed by atoms with Gasteiger partial charge in [-0.15, -0.1) is 0 Å². The van der Waals surface area contributed by atoms with Gasteiger partial charge in [-0.3, -0.25) is 0 Å². The summed E-state index contributed by atoms with van der Waals surface area (Å²) in [5.41, 5.74) is 0. The van der Waals surface area contributed by atoms with Gasteiger partial charge in [0.1, 0.15) is 0 Å². The summed E-state index contributed by atoms with van der Waals surface area (Å²) in [6.45, 7) is 21.2. The summed E-state index contributed by atoms with van der Waals surface area (Å²) in [7, 11) is 2.41. The Bertz CT molecular complexity index is 703. The van der Waals surface area contributed by atoms with Crippen LogP contribution in [0, 0.1) is 0 Å². The number of hydrogen-bond donors (Lipinski definition) is 0. The van der Waals surface area contributed by atoms with Gasteiger partial charge in [0.15, 0.2) is 75.5 Å². The van der Waals surface area contributed by atoms with E-state index in [9.17, 15) is 0 Å². The van der Waals surface area contributed by atoms with Crippen LogP contribution in [0.4, 0.5) is 0 Å². The minimum atomic E-state index is -3.76. The summed E-state index contributed by atoms with van der Waals surface area (Å²) in [6.07, 6.45) is -7.16. The molecule has 290 valence electrons. The first kappa shape index (κ1) is 47.6. The number of ether oxygens (including phenoxy) is 13. The fourth-order valence-corrected chi connectivity index (χ4v) is 6.97. The predicted molar refractivity (Wildman–Crippen MR) is 175 cm³/mol. The van der Waals surface area contributed by atoms with Gasteiger partial charge in [-0.25, -0.2) is 0 Å². The molecule has 0 saturated heterocycles. The molecule has 16 nitrogen and oxygen atoms in total. The molecule has 0 rings (SSSR count). The molecule has 0 radical (unpaired) electrons. The van der Waals surface area contributed by atoms with Gasteiger partial charge in [0, 0.05) is 41.1 Å². The zero-order valence-electron chi connectivity index (χ0n) is 32.1. The van der Waals surface area contributed by atoms with Gasteiger partial charge in [-0.2, -0.15) is 0 Å². The molecule has 0 aliphatic heterocycles. The van der Waals surface area contributed by atoms with Crippen molar-refractivity contribution in [1.29, 1.82) is 0 Å². The van der Waals surface area contributed by atoms with Gasteiger partial charge >= 0.3 is 8.80 Å². The van der Waals surface area contributed by atoms with Crippen molar-refractivity contribution >= 4 is 8.80 Å². The summed E-state index contributed by atoms with van der Waals surface area (Å²) in [5, 5.41) is 0. The summed E-state index contributed by atoms with van der Waals surface area (Å²) in [6, 6.07) is 0.277. The van der Waals surface area contributed by atoms with Crippen LogP contribution in [0.5, 0.6) is 0 Å².